The molecule has 0 aliphatic carbocycles. The van der Waals surface area contributed by atoms with Crippen LogP contribution in [0.3, 0.4) is 0 Å². The van der Waals surface area contributed by atoms with Crippen molar-refractivity contribution in [3.8, 4) is 0 Å². The molecule has 0 bridgehead atoms. The van der Waals surface area contributed by atoms with Gasteiger partial charge in [0.2, 0.25) is 11.8 Å². The van der Waals surface area contributed by atoms with Gasteiger partial charge in [-0.3, -0.25) is 14.4 Å². The number of Topliss-reactive ketones (excluding diaryl/α,β-unsaturated/α-hetero) is 1. The molecule has 3 rings (SSSR count). The molecule has 1 aromatic carbocycles. The Morgan fingerprint density at radius 3 is 2.67 bits per heavy atom. The van der Waals surface area contributed by atoms with Gasteiger partial charge in [-0.15, -0.1) is 0 Å². The summed E-state index contributed by atoms with van der Waals surface area (Å²) < 4.78 is 5.56. The third kappa shape index (κ3) is 3.82. The number of anilines is 1. The van der Waals surface area contributed by atoms with E-state index in [-0.39, 0.29) is 36.0 Å². The summed E-state index contributed by atoms with van der Waals surface area (Å²) in [6.45, 7) is 3.28. The second-order valence-corrected chi connectivity index (χ2v) is 6.46. The van der Waals surface area contributed by atoms with Gasteiger partial charge in [0.1, 0.15) is 0 Å². The van der Waals surface area contributed by atoms with Crippen molar-refractivity contribution in [2.75, 3.05) is 25.0 Å². The van der Waals surface area contributed by atoms with Crippen molar-refractivity contribution in [1.29, 1.82) is 0 Å². The number of ketones is 1. The Labute approximate surface area is 141 Å². The van der Waals surface area contributed by atoms with Crippen LogP contribution in [0.15, 0.2) is 24.3 Å². The lowest BCUT2D eigenvalue weighted by Gasteiger charge is -2.20. The highest BCUT2D eigenvalue weighted by Gasteiger charge is 2.35. The van der Waals surface area contributed by atoms with Gasteiger partial charge in [-0.2, -0.15) is 0 Å². The van der Waals surface area contributed by atoms with Crippen molar-refractivity contribution in [2.45, 2.75) is 32.3 Å². The molecule has 0 saturated carbocycles. The highest BCUT2D eigenvalue weighted by molar-refractivity contribution is 5.98. The van der Waals surface area contributed by atoms with Crippen molar-refractivity contribution in [3.63, 3.8) is 0 Å². The van der Waals surface area contributed by atoms with E-state index < -0.39 is 0 Å². The van der Waals surface area contributed by atoms with Gasteiger partial charge in [0.25, 0.3) is 0 Å². The number of rotatable bonds is 5. The van der Waals surface area contributed by atoms with Gasteiger partial charge in [-0.05, 0) is 44.0 Å². The third-order valence-electron chi connectivity index (χ3n) is 4.59. The van der Waals surface area contributed by atoms with Gasteiger partial charge in [-0.1, -0.05) is 0 Å². The maximum atomic E-state index is 12.4. The Kier molecular flexibility index (Phi) is 4.94. The van der Waals surface area contributed by atoms with E-state index in [2.05, 4.69) is 5.32 Å². The summed E-state index contributed by atoms with van der Waals surface area (Å²) in [5.41, 5.74) is 1.24. The molecule has 128 valence electrons. The van der Waals surface area contributed by atoms with E-state index >= 15 is 0 Å². The minimum absolute atomic E-state index is 0.0116. The number of amides is 2. The predicted octanol–water partition coefficient (Wildman–Crippen LogP) is 1.86. The molecule has 0 aromatic heterocycles. The molecular weight excluding hydrogens is 308 g/mol. The highest BCUT2D eigenvalue weighted by atomic mass is 16.5. The van der Waals surface area contributed by atoms with Crippen LogP contribution in [0, 0.1) is 5.92 Å². The van der Waals surface area contributed by atoms with E-state index in [4.69, 9.17) is 4.74 Å². The molecule has 2 unspecified atom stereocenters. The number of benzene rings is 1. The molecular formula is C18H22N2O4. The van der Waals surface area contributed by atoms with Gasteiger partial charge < -0.3 is 15.0 Å². The smallest absolute Gasteiger partial charge is 0.229 e. The van der Waals surface area contributed by atoms with E-state index in [1.54, 1.807) is 29.2 Å². The molecule has 2 saturated heterocycles. The molecule has 1 aromatic rings. The molecule has 0 radical (unpaired) electrons. The molecule has 24 heavy (non-hydrogen) atoms. The van der Waals surface area contributed by atoms with Gasteiger partial charge in [-0.25, -0.2) is 0 Å². The summed E-state index contributed by atoms with van der Waals surface area (Å²) in [6.07, 6.45) is 2.36. The van der Waals surface area contributed by atoms with Crippen molar-refractivity contribution >= 4 is 23.3 Å². The minimum atomic E-state index is -0.341. The maximum absolute atomic E-state index is 12.4. The highest BCUT2D eigenvalue weighted by Crippen LogP contribution is 2.23. The van der Waals surface area contributed by atoms with Crippen LogP contribution in [-0.4, -0.2) is 48.3 Å². The first-order chi connectivity index (χ1) is 11.5. The zero-order valence-corrected chi connectivity index (χ0v) is 13.8. The Balaban J connectivity index is 1.55. The third-order valence-corrected chi connectivity index (χ3v) is 4.59. The van der Waals surface area contributed by atoms with Gasteiger partial charge in [0, 0.05) is 37.4 Å². The molecule has 2 aliphatic heterocycles. The normalized spacial score (nSPS) is 23.5. The molecule has 6 heteroatoms. The number of nitrogens with zero attached hydrogens (tertiary/aromatic N) is 1. The summed E-state index contributed by atoms with van der Waals surface area (Å²) in [7, 11) is 0. The number of nitrogens with one attached hydrogen (secondary N) is 1. The van der Waals surface area contributed by atoms with Crippen molar-refractivity contribution in [1.82, 2.24) is 4.90 Å². The Bertz CT molecular complexity index is 635. The zero-order chi connectivity index (χ0) is 17.1. The first kappa shape index (κ1) is 16.6. The summed E-state index contributed by atoms with van der Waals surface area (Å²) in [4.78, 5) is 37.5. The number of carbonyl (C=O) groups is 3. The Morgan fingerprint density at radius 1 is 1.29 bits per heavy atom. The zero-order valence-electron chi connectivity index (χ0n) is 13.8. The van der Waals surface area contributed by atoms with Crippen molar-refractivity contribution in [2.24, 2.45) is 5.92 Å². The Hall–Kier alpha value is -2.21. The average Bonchev–Trinajstić information content (AvgIpc) is 3.19. The fraction of sp³-hybridized carbons (Fsp3) is 0.500. The SMILES string of the molecule is CC(=O)c1ccc(NC(=O)C2CC(=O)N(CC3CCCO3)C2)cc1. The lowest BCUT2D eigenvalue weighted by Crippen LogP contribution is -2.34. The number of carbonyl (C=O) groups excluding carboxylic acids is 3. The van der Waals surface area contributed by atoms with Crippen LogP contribution in [0.2, 0.25) is 0 Å². The van der Waals surface area contributed by atoms with Crippen LogP contribution in [0.5, 0.6) is 0 Å². The lowest BCUT2D eigenvalue weighted by molar-refractivity contribution is -0.129. The monoisotopic (exact) mass is 330 g/mol. The quantitative estimate of drug-likeness (QED) is 0.836. The van der Waals surface area contributed by atoms with Gasteiger partial charge in [0.05, 0.1) is 12.0 Å². The summed E-state index contributed by atoms with van der Waals surface area (Å²) in [6, 6.07) is 6.77. The van der Waals surface area contributed by atoms with E-state index in [1.165, 1.54) is 6.92 Å². The molecule has 1 N–H and O–H groups in total. The fourth-order valence-corrected chi connectivity index (χ4v) is 3.19. The van der Waals surface area contributed by atoms with Crippen LogP contribution in [0.1, 0.15) is 36.5 Å². The van der Waals surface area contributed by atoms with Crippen LogP contribution < -0.4 is 5.32 Å². The molecule has 6 nitrogen and oxygen atoms in total. The van der Waals surface area contributed by atoms with E-state index in [9.17, 15) is 14.4 Å². The molecule has 2 amide bonds. The van der Waals surface area contributed by atoms with E-state index in [1.807, 2.05) is 0 Å². The first-order valence-electron chi connectivity index (χ1n) is 8.34. The van der Waals surface area contributed by atoms with Crippen LogP contribution in [0.4, 0.5) is 5.69 Å². The largest absolute Gasteiger partial charge is 0.376 e. The van der Waals surface area contributed by atoms with Gasteiger partial charge in [0.15, 0.2) is 5.78 Å². The number of hydrogen-bond acceptors (Lipinski definition) is 4. The Morgan fingerprint density at radius 2 is 2.04 bits per heavy atom. The van der Waals surface area contributed by atoms with E-state index in [0.717, 1.165) is 19.4 Å². The average molecular weight is 330 g/mol. The van der Waals surface area contributed by atoms with Crippen LogP contribution in [-0.2, 0) is 14.3 Å². The fourth-order valence-electron chi connectivity index (χ4n) is 3.19. The van der Waals surface area contributed by atoms with Crippen molar-refractivity contribution in [3.05, 3.63) is 29.8 Å². The van der Waals surface area contributed by atoms with Gasteiger partial charge >= 0.3 is 0 Å². The predicted molar refractivity (Wildman–Crippen MR) is 88.7 cm³/mol. The second kappa shape index (κ2) is 7.13. The standard InChI is InChI=1S/C18H22N2O4/c1-12(21)13-4-6-15(7-5-13)19-18(23)14-9-17(22)20(10-14)11-16-3-2-8-24-16/h4-7,14,16H,2-3,8-11H2,1H3,(H,19,23). The van der Waals surface area contributed by atoms with Crippen LogP contribution in [0.25, 0.3) is 0 Å². The number of ether oxygens (including phenoxy) is 1. The first-order valence-corrected chi connectivity index (χ1v) is 8.34. The number of hydrogen-bond donors (Lipinski definition) is 1. The van der Waals surface area contributed by atoms with Crippen molar-refractivity contribution < 1.29 is 19.1 Å². The molecule has 2 atom stereocenters. The summed E-state index contributed by atoms with van der Waals surface area (Å²) in [5.74, 6) is -0.503. The van der Waals surface area contributed by atoms with Crippen LogP contribution >= 0.6 is 0 Å². The molecule has 2 aliphatic rings. The topological polar surface area (TPSA) is 75.7 Å². The summed E-state index contributed by atoms with van der Waals surface area (Å²) >= 11 is 0. The maximum Gasteiger partial charge on any atom is 0.229 e. The second-order valence-electron chi connectivity index (χ2n) is 6.46. The molecule has 2 heterocycles. The lowest BCUT2D eigenvalue weighted by atomic mass is 10.1. The summed E-state index contributed by atoms with van der Waals surface area (Å²) in [5, 5.41) is 2.82. The molecule has 2 fully saturated rings. The number of likely N-dealkylation sites (tertiary alicyclic amines) is 1. The molecule has 0 spiro atoms. The van der Waals surface area contributed by atoms with E-state index in [0.29, 0.717) is 24.3 Å². The minimum Gasteiger partial charge on any atom is -0.376 e.